The molecule has 0 aliphatic carbocycles. The van der Waals surface area contributed by atoms with Crippen molar-refractivity contribution in [1.29, 1.82) is 0 Å². The third-order valence-corrected chi connectivity index (χ3v) is 1.20. The second-order valence-corrected chi connectivity index (χ2v) is 2.59. The highest BCUT2D eigenvalue weighted by atomic mass is 19.4. The van der Waals surface area contributed by atoms with Crippen molar-refractivity contribution in [3.8, 4) is 0 Å². The minimum Gasteiger partial charge on any atom is -0.342 e. The second-order valence-electron chi connectivity index (χ2n) is 2.59. The van der Waals surface area contributed by atoms with Gasteiger partial charge in [0.2, 0.25) is 0 Å². The minimum atomic E-state index is -4.96. The van der Waals surface area contributed by atoms with Crippen molar-refractivity contribution < 1.29 is 22.4 Å². The molecule has 0 fully saturated rings. The molecule has 2 nitrogen and oxygen atoms in total. The second kappa shape index (κ2) is 4.25. The van der Waals surface area contributed by atoms with Gasteiger partial charge < -0.3 is 5.32 Å². The van der Waals surface area contributed by atoms with E-state index >= 15 is 0 Å². The van der Waals surface area contributed by atoms with Gasteiger partial charge in [-0.15, -0.1) is 0 Å². The molecule has 0 rings (SSSR count). The van der Waals surface area contributed by atoms with Crippen LogP contribution in [-0.4, -0.2) is 18.6 Å². The number of hydrogen-bond donors (Lipinski definition) is 1. The summed E-state index contributed by atoms with van der Waals surface area (Å²) in [5, 5.41) is 1.41. The fourth-order valence-electron chi connectivity index (χ4n) is 0.435. The van der Waals surface area contributed by atoms with E-state index in [-0.39, 0.29) is 5.57 Å². The highest BCUT2D eigenvalue weighted by molar-refractivity contribution is 5.81. The summed E-state index contributed by atoms with van der Waals surface area (Å²) in [5.74, 6) is -2.90. The number of carbonyl (C=O) groups excluding carboxylic acids is 1. The van der Waals surface area contributed by atoms with Gasteiger partial charge in [-0.3, -0.25) is 4.79 Å². The van der Waals surface area contributed by atoms with Gasteiger partial charge in [0.15, 0.2) is 0 Å². The first-order chi connectivity index (χ1) is 5.75. The Bertz CT molecular complexity index is 227. The maximum absolute atomic E-state index is 12.6. The van der Waals surface area contributed by atoms with Crippen molar-refractivity contribution >= 4 is 5.91 Å². The molecule has 1 N–H and O–H groups in total. The van der Waals surface area contributed by atoms with Crippen LogP contribution in [0.4, 0.5) is 17.6 Å². The van der Waals surface area contributed by atoms with E-state index in [1.165, 1.54) is 19.2 Å². The molecule has 0 aromatic carbocycles. The van der Waals surface area contributed by atoms with Crippen LogP contribution in [0.25, 0.3) is 0 Å². The van der Waals surface area contributed by atoms with E-state index in [1.807, 2.05) is 0 Å². The fraction of sp³-hybridized carbons (Fsp3) is 0.571. The maximum Gasteiger partial charge on any atom is 0.471 e. The van der Waals surface area contributed by atoms with E-state index in [0.29, 0.717) is 0 Å². The lowest BCUT2D eigenvalue weighted by molar-refractivity contribution is -0.173. The van der Waals surface area contributed by atoms with Gasteiger partial charge in [0, 0.05) is 0 Å². The molecule has 76 valence electrons. The SMILES string of the molecule is CC(C)=C(F)CNC(=O)C(F)(F)F. The van der Waals surface area contributed by atoms with Gasteiger partial charge in [-0.05, 0) is 19.4 Å². The van der Waals surface area contributed by atoms with Gasteiger partial charge in [0.05, 0.1) is 6.54 Å². The first-order valence-electron chi connectivity index (χ1n) is 3.42. The Balaban J connectivity index is 4.07. The first kappa shape index (κ1) is 11.9. The number of halogens is 4. The van der Waals surface area contributed by atoms with E-state index in [2.05, 4.69) is 0 Å². The van der Waals surface area contributed by atoms with Crippen molar-refractivity contribution in [2.45, 2.75) is 20.0 Å². The Hall–Kier alpha value is -1.07. The van der Waals surface area contributed by atoms with Crippen LogP contribution in [-0.2, 0) is 4.79 Å². The highest BCUT2D eigenvalue weighted by Crippen LogP contribution is 2.14. The number of hydrogen-bond acceptors (Lipinski definition) is 1. The summed E-state index contributed by atoms with van der Waals surface area (Å²) in [6, 6.07) is 0. The smallest absolute Gasteiger partial charge is 0.342 e. The molecule has 0 bridgehead atoms. The lowest BCUT2D eigenvalue weighted by Crippen LogP contribution is -2.37. The summed E-state index contributed by atoms with van der Waals surface area (Å²) in [7, 11) is 0. The molecule has 0 saturated heterocycles. The van der Waals surface area contributed by atoms with E-state index in [4.69, 9.17) is 0 Å². The van der Waals surface area contributed by atoms with Crippen LogP contribution in [0.3, 0.4) is 0 Å². The van der Waals surface area contributed by atoms with Crippen LogP contribution < -0.4 is 5.32 Å². The average molecular weight is 199 g/mol. The van der Waals surface area contributed by atoms with Gasteiger partial charge in [0.1, 0.15) is 5.83 Å². The number of nitrogens with one attached hydrogen (secondary N) is 1. The van der Waals surface area contributed by atoms with Crippen molar-refractivity contribution in [2.24, 2.45) is 0 Å². The number of alkyl halides is 3. The zero-order valence-corrected chi connectivity index (χ0v) is 7.13. The molecule has 0 saturated carbocycles. The van der Waals surface area contributed by atoms with E-state index in [9.17, 15) is 22.4 Å². The molecule has 6 heteroatoms. The molecular formula is C7H9F4NO. The summed E-state index contributed by atoms with van der Waals surface area (Å²) in [5.41, 5.74) is 0.238. The fourth-order valence-corrected chi connectivity index (χ4v) is 0.435. The lowest BCUT2D eigenvalue weighted by atomic mass is 10.3. The van der Waals surface area contributed by atoms with E-state index < -0.39 is 24.5 Å². The third-order valence-electron chi connectivity index (χ3n) is 1.20. The number of carbonyl (C=O) groups is 1. The third kappa shape index (κ3) is 4.49. The Labute approximate surface area is 72.6 Å². The van der Waals surface area contributed by atoms with Crippen LogP contribution in [0.2, 0.25) is 0 Å². The van der Waals surface area contributed by atoms with E-state index in [0.717, 1.165) is 0 Å². The molecule has 0 aromatic heterocycles. The monoisotopic (exact) mass is 199 g/mol. The summed E-state index contributed by atoms with van der Waals surface area (Å²) < 4.78 is 47.2. The minimum absolute atomic E-state index is 0.238. The summed E-state index contributed by atoms with van der Waals surface area (Å²) in [6.07, 6.45) is -4.96. The largest absolute Gasteiger partial charge is 0.471 e. The van der Waals surface area contributed by atoms with Crippen LogP contribution in [0.1, 0.15) is 13.8 Å². The normalized spacial score (nSPS) is 10.9. The van der Waals surface area contributed by atoms with Crippen molar-refractivity contribution in [2.75, 3.05) is 6.54 Å². The van der Waals surface area contributed by atoms with Gasteiger partial charge in [-0.1, -0.05) is 0 Å². The molecule has 0 radical (unpaired) electrons. The van der Waals surface area contributed by atoms with Crippen molar-refractivity contribution in [3.05, 3.63) is 11.4 Å². The number of rotatable bonds is 2. The Morgan fingerprint density at radius 1 is 1.31 bits per heavy atom. The molecule has 0 unspecified atom stereocenters. The zero-order chi connectivity index (χ0) is 10.6. The molecule has 0 aromatic rings. The Morgan fingerprint density at radius 2 is 1.77 bits per heavy atom. The predicted molar refractivity (Wildman–Crippen MR) is 38.5 cm³/mol. The number of amides is 1. The zero-order valence-electron chi connectivity index (χ0n) is 7.13. The first-order valence-corrected chi connectivity index (χ1v) is 3.42. The van der Waals surface area contributed by atoms with E-state index in [1.54, 1.807) is 0 Å². The van der Waals surface area contributed by atoms with Crippen LogP contribution in [0.5, 0.6) is 0 Å². The Kier molecular flexibility index (Phi) is 3.90. The van der Waals surface area contributed by atoms with Crippen LogP contribution in [0, 0.1) is 0 Å². The standard InChI is InChI=1S/C7H9F4NO/c1-4(2)5(8)3-12-6(13)7(9,10)11/h3H2,1-2H3,(H,12,13). The highest BCUT2D eigenvalue weighted by Gasteiger charge is 2.38. The molecule has 13 heavy (non-hydrogen) atoms. The van der Waals surface area contributed by atoms with Crippen molar-refractivity contribution in [3.63, 3.8) is 0 Å². The molecule has 0 heterocycles. The van der Waals surface area contributed by atoms with Crippen molar-refractivity contribution in [1.82, 2.24) is 5.32 Å². The Morgan fingerprint density at radius 3 is 2.08 bits per heavy atom. The van der Waals surface area contributed by atoms with Crippen LogP contribution >= 0.6 is 0 Å². The van der Waals surface area contributed by atoms with Gasteiger partial charge in [0.25, 0.3) is 0 Å². The molecular weight excluding hydrogens is 190 g/mol. The molecule has 0 aliphatic rings. The quantitative estimate of drug-likeness (QED) is 0.676. The summed E-state index contributed by atoms with van der Waals surface area (Å²) in [4.78, 5) is 10.2. The summed E-state index contributed by atoms with van der Waals surface area (Å²) >= 11 is 0. The average Bonchev–Trinajstić information content (AvgIpc) is 1.97. The van der Waals surface area contributed by atoms with Gasteiger partial charge in [-0.25, -0.2) is 4.39 Å². The molecule has 0 aliphatic heterocycles. The lowest BCUT2D eigenvalue weighted by Gasteiger charge is -2.06. The number of allylic oxidation sites excluding steroid dienone is 1. The predicted octanol–water partition coefficient (Wildman–Crippen LogP) is 1.93. The topological polar surface area (TPSA) is 29.1 Å². The maximum atomic E-state index is 12.6. The molecule has 1 amide bonds. The summed E-state index contributed by atoms with van der Waals surface area (Å²) in [6.45, 7) is 2.07. The molecule has 0 spiro atoms. The van der Waals surface area contributed by atoms with Gasteiger partial charge in [-0.2, -0.15) is 13.2 Å². The van der Waals surface area contributed by atoms with Crippen LogP contribution in [0.15, 0.2) is 11.4 Å². The molecule has 0 atom stereocenters. The van der Waals surface area contributed by atoms with Gasteiger partial charge >= 0.3 is 12.1 Å².